The standard InChI is InChI=1S/C16H22N4OS/c1-11(2)14-12(10-19(3)18-14)9-13-15(21)17-16(22-13)20-7-5-4-6-8-20/h9-11H,4-8H2,1-3H3/b13-9-. The quantitative estimate of drug-likeness (QED) is 0.787. The molecule has 1 aromatic heterocycles. The number of carbonyl (C=O) groups excluding carboxylic acids is 1. The van der Waals surface area contributed by atoms with Crippen LogP contribution in [0.5, 0.6) is 0 Å². The average molecular weight is 318 g/mol. The highest BCUT2D eigenvalue weighted by Crippen LogP contribution is 2.32. The van der Waals surface area contributed by atoms with Gasteiger partial charge in [-0.3, -0.25) is 9.48 Å². The molecule has 0 bridgehead atoms. The lowest BCUT2D eigenvalue weighted by molar-refractivity contribution is -0.113. The van der Waals surface area contributed by atoms with Crippen molar-refractivity contribution in [2.24, 2.45) is 12.0 Å². The molecule has 118 valence electrons. The number of carbonyl (C=O) groups is 1. The van der Waals surface area contributed by atoms with Crippen LogP contribution in [0, 0.1) is 0 Å². The highest BCUT2D eigenvalue weighted by Gasteiger charge is 2.27. The van der Waals surface area contributed by atoms with Crippen molar-refractivity contribution in [3.05, 3.63) is 22.4 Å². The van der Waals surface area contributed by atoms with E-state index >= 15 is 0 Å². The van der Waals surface area contributed by atoms with Gasteiger partial charge in [-0.15, -0.1) is 0 Å². The summed E-state index contributed by atoms with van der Waals surface area (Å²) < 4.78 is 1.80. The summed E-state index contributed by atoms with van der Waals surface area (Å²) in [5, 5.41) is 5.36. The predicted molar refractivity (Wildman–Crippen MR) is 90.7 cm³/mol. The molecule has 0 saturated carbocycles. The molecule has 6 heteroatoms. The lowest BCUT2D eigenvalue weighted by Crippen LogP contribution is -2.33. The van der Waals surface area contributed by atoms with Gasteiger partial charge in [-0.1, -0.05) is 13.8 Å². The summed E-state index contributed by atoms with van der Waals surface area (Å²) in [6.45, 7) is 6.25. The summed E-state index contributed by atoms with van der Waals surface area (Å²) in [6, 6.07) is 0. The number of hydrogen-bond donors (Lipinski definition) is 0. The van der Waals surface area contributed by atoms with Crippen LogP contribution in [0.1, 0.15) is 50.3 Å². The second-order valence-electron chi connectivity index (χ2n) is 6.16. The molecule has 0 radical (unpaired) electrons. The van der Waals surface area contributed by atoms with Gasteiger partial charge in [-0.2, -0.15) is 10.1 Å². The smallest absolute Gasteiger partial charge is 0.286 e. The maximum Gasteiger partial charge on any atom is 0.286 e. The van der Waals surface area contributed by atoms with Crippen LogP contribution in [0.25, 0.3) is 6.08 Å². The molecular formula is C16H22N4OS. The minimum atomic E-state index is -0.121. The van der Waals surface area contributed by atoms with Crippen molar-refractivity contribution in [1.82, 2.24) is 14.7 Å². The maximum absolute atomic E-state index is 12.2. The normalized spacial score (nSPS) is 21.1. The van der Waals surface area contributed by atoms with Crippen molar-refractivity contribution in [2.45, 2.75) is 39.0 Å². The Hall–Kier alpha value is -1.56. The average Bonchev–Trinajstić information content (AvgIpc) is 3.04. The van der Waals surface area contributed by atoms with E-state index in [9.17, 15) is 4.79 Å². The molecule has 1 saturated heterocycles. The number of piperidine rings is 1. The lowest BCUT2D eigenvalue weighted by Gasteiger charge is -2.27. The molecule has 0 aliphatic carbocycles. The number of amidine groups is 1. The second kappa shape index (κ2) is 6.28. The third kappa shape index (κ3) is 3.11. The first-order valence-electron chi connectivity index (χ1n) is 7.85. The minimum Gasteiger partial charge on any atom is -0.351 e. The van der Waals surface area contributed by atoms with Gasteiger partial charge in [0.25, 0.3) is 5.91 Å². The van der Waals surface area contributed by atoms with Crippen LogP contribution < -0.4 is 0 Å². The minimum absolute atomic E-state index is 0.121. The van der Waals surface area contributed by atoms with Crippen LogP contribution in [-0.4, -0.2) is 38.8 Å². The molecule has 0 N–H and O–H groups in total. The van der Waals surface area contributed by atoms with Gasteiger partial charge in [0.2, 0.25) is 0 Å². The first-order valence-corrected chi connectivity index (χ1v) is 8.67. The van der Waals surface area contributed by atoms with Gasteiger partial charge in [0, 0.05) is 31.9 Å². The third-order valence-electron chi connectivity index (χ3n) is 3.96. The zero-order valence-corrected chi connectivity index (χ0v) is 14.2. The van der Waals surface area contributed by atoms with Crippen molar-refractivity contribution in [2.75, 3.05) is 13.1 Å². The van der Waals surface area contributed by atoms with E-state index in [0.717, 1.165) is 29.5 Å². The number of likely N-dealkylation sites (tertiary alicyclic amines) is 1. The number of aryl methyl sites for hydroxylation is 1. The summed E-state index contributed by atoms with van der Waals surface area (Å²) in [5.74, 6) is 0.209. The number of thioether (sulfide) groups is 1. The number of aliphatic imine (C=N–C) groups is 1. The third-order valence-corrected chi connectivity index (χ3v) is 5.00. The van der Waals surface area contributed by atoms with Crippen molar-refractivity contribution in [3.63, 3.8) is 0 Å². The van der Waals surface area contributed by atoms with Crippen LogP contribution in [0.3, 0.4) is 0 Å². The van der Waals surface area contributed by atoms with E-state index in [1.165, 1.54) is 31.0 Å². The fourth-order valence-corrected chi connectivity index (χ4v) is 3.80. The van der Waals surface area contributed by atoms with Crippen molar-refractivity contribution < 1.29 is 4.79 Å². The number of amides is 1. The zero-order chi connectivity index (χ0) is 15.7. The maximum atomic E-state index is 12.2. The fraction of sp³-hybridized carbons (Fsp3) is 0.562. The first-order chi connectivity index (χ1) is 10.5. The molecule has 0 aromatic carbocycles. The molecule has 1 fully saturated rings. The van der Waals surface area contributed by atoms with E-state index in [0.29, 0.717) is 10.8 Å². The number of nitrogens with zero attached hydrogens (tertiary/aromatic N) is 4. The Balaban J connectivity index is 1.80. The van der Waals surface area contributed by atoms with Gasteiger partial charge in [0.15, 0.2) is 5.17 Å². The SMILES string of the molecule is CC(C)c1nn(C)cc1/C=C1\SC(N2CCCCC2)=NC1=O. The second-order valence-corrected chi connectivity index (χ2v) is 7.17. The van der Waals surface area contributed by atoms with Crippen LogP contribution in [0.15, 0.2) is 16.1 Å². The molecule has 5 nitrogen and oxygen atoms in total. The van der Waals surface area contributed by atoms with Crippen LogP contribution in [0.4, 0.5) is 0 Å². The van der Waals surface area contributed by atoms with E-state index < -0.39 is 0 Å². The van der Waals surface area contributed by atoms with E-state index in [2.05, 4.69) is 28.8 Å². The predicted octanol–water partition coefficient (Wildman–Crippen LogP) is 3.00. The van der Waals surface area contributed by atoms with Crippen molar-refractivity contribution in [3.8, 4) is 0 Å². The highest BCUT2D eigenvalue weighted by molar-refractivity contribution is 8.18. The summed E-state index contributed by atoms with van der Waals surface area (Å²) in [7, 11) is 1.91. The molecule has 2 aliphatic rings. The zero-order valence-electron chi connectivity index (χ0n) is 13.4. The molecular weight excluding hydrogens is 296 g/mol. The molecule has 2 aliphatic heterocycles. The molecule has 3 rings (SSSR count). The number of hydrogen-bond acceptors (Lipinski definition) is 4. The van der Waals surface area contributed by atoms with E-state index in [4.69, 9.17) is 0 Å². The molecule has 0 spiro atoms. The Kier molecular flexibility index (Phi) is 4.38. The monoisotopic (exact) mass is 318 g/mol. The number of rotatable bonds is 2. The molecule has 0 atom stereocenters. The van der Waals surface area contributed by atoms with Crippen molar-refractivity contribution >= 4 is 28.9 Å². The van der Waals surface area contributed by atoms with E-state index in [-0.39, 0.29) is 5.91 Å². The van der Waals surface area contributed by atoms with Gasteiger partial charge in [-0.05, 0) is 43.0 Å². The lowest BCUT2D eigenvalue weighted by atomic mass is 10.1. The largest absolute Gasteiger partial charge is 0.351 e. The summed E-state index contributed by atoms with van der Waals surface area (Å²) in [6.07, 6.45) is 7.56. The molecule has 3 heterocycles. The number of aromatic nitrogens is 2. The molecule has 1 amide bonds. The summed E-state index contributed by atoms with van der Waals surface area (Å²) >= 11 is 1.50. The van der Waals surface area contributed by atoms with Crippen LogP contribution >= 0.6 is 11.8 Å². The highest BCUT2D eigenvalue weighted by atomic mass is 32.2. The van der Waals surface area contributed by atoms with Gasteiger partial charge < -0.3 is 4.90 Å². The van der Waals surface area contributed by atoms with Gasteiger partial charge in [-0.25, -0.2) is 0 Å². The van der Waals surface area contributed by atoms with Crippen LogP contribution in [0.2, 0.25) is 0 Å². The van der Waals surface area contributed by atoms with E-state index in [1.807, 2.05) is 19.3 Å². The topological polar surface area (TPSA) is 50.5 Å². The Morgan fingerprint density at radius 3 is 2.68 bits per heavy atom. The van der Waals surface area contributed by atoms with Gasteiger partial charge in [0.05, 0.1) is 10.6 Å². The van der Waals surface area contributed by atoms with E-state index in [1.54, 1.807) is 4.68 Å². The van der Waals surface area contributed by atoms with Gasteiger partial charge in [0.1, 0.15) is 0 Å². The van der Waals surface area contributed by atoms with Crippen molar-refractivity contribution in [1.29, 1.82) is 0 Å². The molecule has 22 heavy (non-hydrogen) atoms. The summed E-state index contributed by atoms with van der Waals surface area (Å²) in [4.78, 5) is 19.4. The van der Waals surface area contributed by atoms with Crippen LogP contribution in [-0.2, 0) is 11.8 Å². The first kappa shape index (κ1) is 15.3. The Morgan fingerprint density at radius 1 is 1.27 bits per heavy atom. The summed E-state index contributed by atoms with van der Waals surface area (Å²) in [5.41, 5.74) is 2.04. The van der Waals surface area contributed by atoms with Gasteiger partial charge >= 0.3 is 0 Å². The Morgan fingerprint density at radius 2 is 2.00 bits per heavy atom. The Labute approximate surface area is 135 Å². The fourth-order valence-electron chi connectivity index (χ4n) is 2.84. The molecule has 1 aromatic rings. The molecule has 0 unspecified atom stereocenters. The Bertz CT molecular complexity index is 639.